The minimum atomic E-state index is -0.640. The lowest BCUT2D eigenvalue weighted by Crippen LogP contribution is -2.24. The highest BCUT2D eigenvalue weighted by atomic mass is 16.7. The van der Waals surface area contributed by atoms with E-state index in [-0.39, 0.29) is 5.92 Å². The van der Waals surface area contributed by atoms with Crippen LogP contribution in [0.25, 0.3) is 10.9 Å². The van der Waals surface area contributed by atoms with E-state index in [2.05, 4.69) is 30.8 Å². The summed E-state index contributed by atoms with van der Waals surface area (Å²) in [5, 5.41) is 13.6. The highest BCUT2D eigenvalue weighted by Gasteiger charge is 2.12. The molecule has 32 heavy (non-hydrogen) atoms. The number of benzene rings is 1. The summed E-state index contributed by atoms with van der Waals surface area (Å²) in [6, 6.07) is 10.9. The van der Waals surface area contributed by atoms with Crippen LogP contribution in [0.5, 0.6) is 11.6 Å². The van der Waals surface area contributed by atoms with Crippen LogP contribution < -0.4 is 20.2 Å². The van der Waals surface area contributed by atoms with E-state index in [1.807, 2.05) is 39.0 Å². The molecule has 0 fully saturated rings. The van der Waals surface area contributed by atoms with Gasteiger partial charge in [-0.05, 0) is 36.7 Å². The highest BCUT2D eigenvalue weighted by Crippen LogP contribution is 2.25. The number of nitrogens with zero attached hydrogens (tertiary/aromatic N) is 4. The number of carbonyl (C=O) groups excluding carboxylic acids is 1. The summed E-state index contributed by atoms with van der Waals surface area (Å²) in [6.45, 7) is 7.61. The van der Waals surface area contributed by atoms with Crippen LogP contribution in [0.15, 0.2) is 48.9 Å². The second kappa shape index (κ2) is 9.48. The van der Waals surface area contributed by atoms with E-state index in [9.17, 15) is 4.79 Å². The number of amides is 1. The molecule has 0 radical (unpaired) electrons. The number of nitrogens with one attached hydrogen (secondary N) is 3. The van der Waals surface area contributed by atoms with E-state index in [1.165, 1.54) is 11.1 Å². The fourth-order valence-electron chi connectivity index (χ4n) is 3.05. The van der Waals surface area contributed by atoms with Gasteiger partial charge in [-0.15, -0.1) is 0 Å². The van der Waals surface area contributed by atoms with Gasteiger partial charge >= 0.3 is 6.09 Å². The maximum Gasteiger partial charge on any atom is 0.437 e. The van der Waals surface area contributed by atoms with Crippen molar-refractivity contribution in [1.82, 2.24) is 30.2 Å². The lowest BCUT2D eigenvalue weighted by molar-refractivity contribution is 0.153. The highest BCUT2D eigenvalue weighted by molar-refractivity contribution is 5.86. The molecular weight excluding hydrogens is 410 g/mol. The molecule has 0 aliphatic rings. The van der Waals surface area contributed by atoms with Crippen LogP contribution in [0.4, 0.5) is 10.6 Å². The average Bonchev–Trinajstić information content (AvgIpc) is 3.40. The maximum absolute atomic E-state index is 12.3. The topological polar surface area (TPSA) is 119 Å². The molecule has 0 aliphatic heterocycles. The number of rotatable bonds is 8. The lowest BCUT2D eigenvalue weighted by Gasteiger charge is -2.08. The number of anilines is 1. The number of aromatic nitrogens is 5. The third-order valence-corrected chi connectivity index (χ3v) is 4.73. The molecule has 10 nitrogen and oxygen atoms in total. The van der Waals surface area contributed by atoms with Gasteiger partial charge in [0.05, 0.1) is 11.2 Å². The molecule has 0 unspecified atom stereocenters. The van der Waals surface area contributed by atoms with Gasteiger partial charge < -0.3 is 14.9 Å². The normalized spacial score (nSPS) is 11.1. The Balaban J connectivity index is 1.43. The average molecular weight is 435 g/mol. The molecular formula is C22H25N7O3. The monoisotopic (exact) mass is 435 g/mol. The molecule has 166 valence electrons. The Labute approximate surface area is 184 Å². The van der Waals surface area contributed by atoms with Crippen molar-refractivity contribution in [2.45, 2.75) is 33.2 Å². The molecule has 3 N–H and O–H groups in total. The van der Waals surface area contributed by atoms with E-state index in [0.717, 1.165) is 23.3 Å². The van der Waals surface area contributed by atoms with E-state index < -0.39 is 6.09 Å². The third kappa shape index (κ3) is 5.03. The Bertz CT molecular complexity index is 1220. The zero-order valence-electron chi connectivity index (χ0n) is 18.1. The van der Waals surface area contributed by atoms with Gasteiger partial charge in [0.15, 0.2) is 5.82 Å². The first kappa shape index (κ1) is 21.3. The van der Waals surface area contributed by atoms with E-state index in [4.69, 9.17) is 9.57 Å². The third-order valence-electron chi connectivity index (χ3n) is 4.73. The molecule has 10 heteroatoms. The Morgan fingerprint density at radius 3 is 2.84 bits per heavy atom. The molecule has 4 aromatic rings. The summed E-state index contributed by atoms with van der Waals surface area (Å²) in [6.07, 6.45) is 2.50. The van der Waals surface area contributed by atoms with Gasteiger partial charge in [0, 0.05) is 36.0 Å². The number of aromatic amines is 1. The predicted octanol–water partition coefficient (Wildman–Crippen LogP) is 3.84. The minimum absolute atomic E-state index is 0.279. The van der Waals surface area contributed by atoms with Crippen molar-refractivity contribution in [3.63, 3.8) is 0 Å². The van der Waals surface area contributed by atoms with Crippen LogP contribution in [0.1, 0.15) is 38.1 Å². The summed E-state index contributed by atoms with van der Waals surface area (Å²) >= 11 is 0. The largest absolute Gasteiger partial charge is 0.439 e. The molecule has 1 amide bonds. The number of ether oxygens (including phenoxy) is 1. The summed E-state index contributed by atoms with van der Waals surface area (Å²) in [4.78, 5) is 26.1. The Morgan fingerprint density at radius 1 is 1.19 bits per heavy atom. The first-order valence-corrected chi connectivity index (χ1v) is 10.4. The Morgan fingerprint density at radius 2 is 2.06 bits per heavy atom. The number of hydrogen-bond acceptors (Lipinski definition) is 7. The van der Waals surface area contributed by atoms with Gasteiger partial charge in [0.2, 0.25) is 5.88 Å². The van der Waals surface area contributed by atoms with Crippen LogP contribution in [0.2, 0.25) is 0 Å². The standard InChI is InChI=1S/C22H25N7O3/c1-4-23-12-16-10-21(25-13-24-16)31-17-5-6-19-15(9-17)7-8-29(19)32-22(30)26-20-11-18(14(2)3)27-28-20/h5-11,13-14,23H,4,12H2,1-3H3,(H2,26,27,28,30). The number of H-pyrrole nitrogens is 1. The fourth-order valence-corrected chi connectivity index (χ4v) is 3.05. The zero-order valence-corrected chi connectivity index (χ0v) is 18.1. The van der Waals surface area contributed by atoms with Crippen molar-refractivity contribution in [3.8, 4) is 11.6 Å². The van der Waals surface area contributed by atoms with Gasteiger partial charge in [-0.2, -0.15) is 9.83 Å². The summed E-state index contributed by atoms with van der Waals surface area (Å²) in [5.41, 5.74) is 2.49. The first-order valence-electron chi connectivity index (χ1n) is 10.4. The number of hydrogen-bond donors (Lipinski definition) is 3. The van der Waals surface area contributed by atoms with Gasteiger partial charge in [-0.1, -0.05) is 20.8 Å². The van der Waals surface area contributed by atoms with E-state index >= 15 is 0 Å². The van der Waals surface area contributed by atoms with Crippen molar-refractivity contribution in [3.05, 3.63) is 60.3 Å². The molecule has 0 atom stereocenters. The second-order valence-electron chi connectivity index (χ2n) is 7.46. The van der Waals surface area contributed by atoms with Crippen molar-refractivity contribution in [2.24, 2.45) is 0 Å². The zero-order chi connectivity index (χ0) is 22.5. The number of fused-ring (bicyclic) bond motifs is 1. The van der Waals surface area contributed by atoms with Gasteiger partial charge in [-0.25, -0.2) is 14.8 Å². The van der Waals surface area contributed by atoms with Crippen LogP contribution in [-0.4, -0.2) is 37.5 Å². The van der Waals surface area contributed by atoms with E-state index in [0.29, 0.717) is 29.5 Å². The van der Waals surface area contributed by atoms with Crippen molar-refractivity contribution < 1.29 is 14.4 Å². The summed E-state index contributed by atoms with van der Waals surface area (Å²) in [5.74, 6) is 1.76. The molecule has 3 heterocycles. The van der Waals surface area contributed by atoms with Crippen LogP contribution >= 0.6 is 0 Å². The van der Waals surface area contributed by atoms with Gasteiger partial charge in [0.1, 0.15) is 12.1 Å². The van der Waals surface area contributed by atoms with Crippen LogP contribution in [-0.2, 0) is 6.54 Å². The van der Waals surface area contributed by atoms with Gasteiger partial charge in [-0.3, -0.25) is 10.4 Å². The quantitative estimate of drug-likeness (QED) is 0.385. The fraction of sp³-hybridized carbons (Fsp3) is 0.273. The van der Waals surface area contributed by atoms with Crippen molar-refractivity contribution in [1.29, 1.82) is 0 Å². The Hall–Kier alpha value is -3.92. The molecule has 1 aromatic carbocycles. The van der Waals surface area contributed by atoms with Gasteiger partial charge in [0.25, 0.3) is 0 Å². The minimum Gasteiger partial charge on any atom is -0.439 e. The molecule has 4 rings (SSSR count). The summed E-state index contributed by atoms with van der Waals surface area (Å²) in [7, 11) is 0. The molecule has 0 saturated heterocycles. The molecule has 0 spiro atoms. The first-order chi connectivity index (χ1) is 15.5. The SMILES string of the molecule is CCNCc1cc(Oc2ccc3c(ccn3OC(=O)Nc3cc(C(C)C)[nH]n3)c2)ncn1. The lowest BCUT2D eigenvalue weighted by atomic mass is 10.1. The second-order valence-corrected chi connectivity index (χ2v) is 7.46. The molecule has 0 saturated carbocycles. The van der Waals surface area contributed by atoms with Crippen LogP contribution in [0.3, 0.4) is 0 Å². The summed E-state index contributed by atoms with van der Waals surface area (Å²) < 4.78 is 7.27. The number of carbonyl (C=O) groups is 1. The van der Waals surface area contributed by atoms with Crippen molar-refractivity contribution >= 4 is 22.8 Å². The van der Waals surface area contributed by atoms with Crippen molar-refractivity contribution in [2.75, 3.05) is 11.9 Å². The van der Waals surface area contributed by atoms with E-state index in [1.54, 1.807) is 24.4 Å². The Kier molecular flexibility index (Phi) is 6.31. The maximum atomic E-state index is 12.3. The molecule has 3 aromatic heterocycles. The smallest absolute Gasteiger partial charge is 0.437 e. The van der Waals surface area contributed by atoms with Crippen LogP contribution in [0, 0.1) is 0 Å². The predicted molar refractivity (Wildman–Crippen MR) is 120 cm³/mol. The molecule has 0 aliphatic carbocycles. The molecule has 0 bridgehead atoms.